The highest BCUT2D eigenvalue weighted by Gasteiger charge is 2.18. The summed E-state index contributed by atoms with van der Waals surface area (Å²) >= 11 is 1.61. The molecule has 0 spiro atoms. The number of thiophene rings is 1. The van der Waals surface area contributed by atoms with Crippen molar-refractivity contribution in [3.05, 3.63) is 87.6 Å². The van der Waals surface area contributed by atoms with Gasteiger partial charge < -0.3 is 10.2 Å². The van der Waals surface area contributed by atoms with Gasteiger partial charge in [-0.15, -0.1) is 11.3 Å². The Balaban J connectivity index is 1.79. The maximum Gasteiger partial charge on any atom is 0.256 e. The summed E-state index contributed by atoms with van der Waals surface area (Å²) in [6.45, 7) is 2.48. The number of hydrogen-bond donors (Lipinski definition) is 1. The zero-order chi connectivity index (χ0) is 18.5. The van der Waals surface area contributed by atoms with Gasteiger partial charge >= 0.3 is 0 Å². The summed E-state index contributed by atoms with van der Waals surface area (Å²) in [5, 5.41) is 4.85. The molecule has 2 amide bonds. The summed E-state index contributed by atoms with van der Waals surface area (Å²) in [6, 6.07) is 18.4. The number of carbonyl (C=O) groups excluding carboxylic acids is 2. The maximum absolute atomic E-state index is 12.8. The third kappa shape index (κ3) is 4.18. The minimum atomic E-state index is -0.227. The average Bonchev–Trinajstić information content (AvgIpc) is 3.14. The molecule has 5 heteroatoms. The Kier molecular flexibility index (Phi) is 5.49. The molecule has 0 aliphatic carbocycles. The maximum atomic E-state index is 12.8. The van der Waals surface area contributed by atoms with Crippen LogP contribution in [0.25, 0.3) is 0 Å². The molecule has 1 aromatic heterocycles. The zero-order valence-electron chi connectivity index (χ0n) is 14.7. The smallest absolute Gasteiger partial charge is 0.256 e. The number of para-hydroxylation sites is 1. The molecular formula is C21H20N2O2S. The van der Waals surface area contributed by atoms with Crippen molar-refractivity contribution in [1.29, 1.82) is 0 Å². The molecule has 132 valence electrons. The van der Waals surface area contributed by atoms with Crippen molar-refractivity contribution in [3.8, 4) is 0 Å². The van der Waals surface area contributed by atoms with Crippen LogP contribution in [-0.2, 0) is 6.54 Å². The number of benzene rings is 2. The van der Waals surface area contributed by atoms with E-state index in [1.54, 1.807) is 47.5 Å². The Bertz CT molecular complexity index is 919. The highest BCUT2D eigenvalue weighted by atomic mass is 32.1. The number of rotatable bonds is 5. The van der Waals surface area contributed by atoms with Crippen molar-refractivity contribution >= 4 is 28.8 Å². The third-order valence-corrected chi connectivity index (χ3v) is 4.87. The van der Waals surface area contributed by atoms with E-state index in [1.165, 1.54) is 0 Å². The van der Waals surface area contributed by atoms with Gasteiger partial charge in [0.15, 0.2) is 0 Å². The fraction of sp³-hybridized carbons (Fsp3) is 0.143. The monoisotopic (exact) mass is 364 g/mol. The van der Waals surface area contributed by atoms with Crippen LogP contribution in [0.4, 0.5) is 5.69 Å². The lowest BCUT2D eigenvalue weighted by molar-refractivity contribution is 0.0787. The molecule has 1 N–H and O–H groups in total. The first-order valence-electron chi connectivity index (χ1n) is 8.29. The molecule has 0 fully saturated rings. The molecule has 26 heavy (non-hydrogen) atoms. The second kappa shape index (κ2) is 7.97. The van der Waals surface area contributed by atoms with Gasteiger partial charge in [0.1, 0.15) is 0 Å². The number of carbonyl (C=O) groups is 2. The zero-order valence-corrected chi connectivity index (χ0v) is 15.5. The van der Waals surface area contributed by atoms with Gasteiger partial charge in [0.2, 0.25) is 0 Å². The fourth-order valence-electron chi connectivity index (χ4n) is 2.67. The molecule has 0 saturated heterocycles. The fourth-order valence-corrected chi connectivity index (χ4v) is 3.43. The molecule has 2 aromatic carbocycles. The van der Waals surface area contributed by atoms with E-state index < -0.39 is 0 Å². The molecule has 0 unspecified atom stereocenters. The molecule has 0 bridgehead atoms. The van der Waals surface area contributed by atoms with Gasteiger partial charge in [0.25, 0.3) is 11.8 Å². The summed E-state index contributed by atoms with van der Waals surface area (Å²) in [6.07, 6.45) is 0. The normalized spacial score (nSPS) is 10.4. The minimum absolute atomic E-state index is 0.126. The molecule has 1 heterocycles. The molecule has 0 saturated carbocycles. The molecule has 0 aliphatic heterocycles. The molecule has 4 nitrogen and oxygen atoms in total. The van der Waals surface area contributed by atoms with Gasteiger partial charge in [-0.1, -0.05) is 35.9 Å². The van der Waals surface area contributed by atoms with E-state index in [2.05, 4.69) is 5.32 Å². The third-order valence-electron chi connectivity index (χ3n) is 4.01. The van der Waals surface area contributed by atoms with Gasteiger partial charge in [0, 0.05) is 17.5 Å². The number of nitrogens with one attached hydrogen (secondary N) is 1. The predicted octanol–water partition coefficient (Wildman–Crippen LogP) is 4.58. The molecule has 0 aliphatic rings. The standard InChI is InChI=1S/C21H20N2O2S/c1-15-7-5-8-16(13-15)20(24)22-19-11-4-3-10-18(19)21(25)23(2)14-17-9-6-12-26-17/h3-13H,14H2,1-2H3,(H,22,24). The van der Waals surface area contributed by atoms with Gasteiger partial charge in [0.05, 0.1) is 17.8 Å². The molecule has 3 aromatic rings. The molecule has 3 rings (SSSR count). The summed E-state index contributed by atoms with van der Waals surface area (Å²) in [4.78, 5) is 28.1. The average molecular weight is 364 g/mol. The summed E-state index contributed by atoms with van der Waals surface area (Å²) < 4.78 is 0. The van der Waals surface area contributed by atoms with Crippen LogP contribution in [0.3, 0.4) is 0 Å². The molecule has 0 radical (unpaired) electrons. The highest BCUT2D eigenvalue weighted by molar-refractivity contribution is 7.09. The Labute approximate surface area is 157 Å². The van der Waals surface area contributed by atoms with Crippen LogP contribution in [-0.4, -0.2) is 23.8 Å². The van der Waals surface area contributed by atoms with E-state index in [4.69, 9.17) is 0 Å². The predicted molar refractivity (Wildman–Crippen MR) is 106 cm³/mol. The lowest BCUT2D eigenvalue weighted by atomic mass is 10.1. The van der Waals surface area contributed by atoms with E-state index >= 15 is 0 Å². The second-order valence-corrected chi connectivity index (χ2v) is 7.14. The number of hydrogen-bond acceptors (Lipinski definition) is 3. The van der Waals surface area contributed by atoms with Gasteiger partial charge in [-0.05, 0) is 42.6 Å². The van der Waals surface area contributed by atoms with Crippen LogP contribution in [0.15, 0.2) is 66.0 Å². The first-order chi connectivity index (χ1) is 12.5. The Morgan fingerprint density at radius 2 is 1.85 bits per heavy atom. The highest BCUT2D eigenvalue weighted by Crippen LogP contribution is 2.20. The quantitative estimate of drug-likeness (QED) is 0.720. The Hall–Kier alpha value is -2.92. The summed E-state index contributed by atoms with van der Waals surface area (Å²) in [5.74, 6) is -0.353. The summed E-state index contributed by atoms with van der Waals surface area (Å²) in [5.41, 5.74) is 2.58. The van der Waals surface area contributed by atoms with E-state index in [0.29, 0.717) is 23.4 Å². The lowest BCUT2D eigenvalue weighted by Crippen LogP contribution is -2.27. The van der Waals surface area contributed by atoms with Crippen LogP contribution in [0.1, 0.15) is 31.2 Å². The van der Waals surface area contributed by atoms with Crippen molar-refractivity contribution < 1.29 is 9.59 Å². The van der Waals surface area contributed by atoms with Gasteiger partial charge in [-0.3, -0.25) is 9.59 Å². The van der Waals surface area contributed by atoms with Crippen LogP contribution in [0.2, 0.25) is 0 Å². The van der Waals surface area contributed by atoms with Crippen molar-refractivity contribution in [3.63, 3.8) is 0 Å². The topological polar surface area (TPSA) is 49.4 Å². The largest absolute Gasteiger partial charge is 0.336 e. The SMILES string of the molecule is Cc1cccc(C(=O)Nc2ccccc2C(=O)N(C)Cc2cccs2)c1. The van der Waals surface area contributed by atoms with Crippen LogP contribution < -0.4 is 5.32 Å². The number of anilines is 1. The second-order valence-electron chi connectivity index (χ2n) is 6.11. The van der Waals surface area contributed by atoms with E-state index in [0.717, 1.165) is 10.4 Å². The van der Waals surface area contributed by atoms with E-state index in [-0.39, 0.29) is 11.8 Å². The van der Waals surface area contributed by atoms with Crippen molar-refractivity contribution in [2.24, 2.45) is 0 Å². The number of nitrogens with zero attached hydrogens (tertiary/aromatic N) is 1. The molecule has 0 atom stereocenters. The Morgan fingerprint density at radius 3 is 2.58 bits per heavy atom. The van der Waals surface area contributed by atoms with Gasteiger partial charge in [-0.2, -0.15) is 0 Å². The summed E-state index contributed by atoms with van der Waals surface area (Å²) in [7, 11) is 1.77. The van der Waals surface area contributed by atoms with Gasteiger partial charge in [-0.25, -0.2) is 0 Å². The number of amides is 2. The van der Waals surface area contributed by atoms with E-state index in [9.17, 15) is 9.59 Å². The van der Waals surface area contributed by atoms with Crippen molar-refractivity contribution in [1.82, 2.24) is 4.90 Å². The minimum Gasteiger partial charge on any atom is -0.336 e. The first kappa shape index (κ1) is 17.9. The van der Waals surface area contributed by atoms with Crippen molar-refractivity contribution in [2.45, 2.75) is 13.5 Å². The van der Waals surface area contributed by atoms with Crippen LogP contribution >= 0.6 is 11.3 Å². The van der Waals surface area contributed by atoms with Crippen LogP contribution in [0, 0.1) is 6.92 Å². The van der Waals surface area contributed by atoms with Crippen molar-refractivity contribution in [2.75, 3.05) is 12.4 Å². The first-order valence-corrected chi connectivity index (χ1v) is 9.17. The van der Waals surface area contributed by atoms with E-state index in [1.807, 2.05) is 48.7 Å². The van der Waals surface area contributed by atoms with Crippen LogP contribution in [0.5, 0.6) is 0 Å². The lowest BCUT2D eigenvalue weighted by Gasteiger charge is -2.18. The molecular weight excluding hydrogens is 344 g/mol. The number of aryl methyl sites for hydroxylation is 1. The Morgan fingerprint density at radius 1 is 1.04 bits per heavy atom.